The van der Waals surface area contributed by atoms with Gasteiger partial charge in [0, 0.05) is 0 Å². The van der Waals surface area contributed by atoms with Gasteiger partial charge in [-0.3, -0.25) is 0 Å². The molecule has 0 N–H and O–H groups in total. The Kier molecular flexibility index (Phi) is 4.14. The van der Waals surface area contributed by atoms with Crippen molar-refractivity contribution < 1.29 is 14.0 Å². The molecule has 114 valence electrons. The first kappa shape index (κ1) is 16.1. The van der Waals surface area contributed by atoms with Crippen molar-refractivity contribution in [1.29, 1.82) is 0 Å². The topological polar surface area (TPSA) is 27.7 Å². The van der Waals surface area contributed by atoms with Gasteiger partial charge in [-0.2, -0.15) is 0 Å². The third-order valence-electron chi connectivity index (χ3n) is 4.79. The molecule has 2 aliphatic heterocycles. The maximum Gasteiger partial charge on any atom is 0.490 e. The van der Waals surface area contributed by atoms with Gasteiger partial charge in [-0.15, -0.1) is 0 Å². The summed E-state index contributed by atoms with van der Waals surface area (Å²) in [5, 5.41) is 0. The Bertz CT molecular complexity index is 377. The molecular weight excluding hydrogens is 251 g/mol. The fourth-order valence-electron chi connectivity index (χ4n) is 2.55. The lowest BCUT2D eigenvalue weighted by Gasteiger charge is -2.32. The molecule has 0 saturated carbocycles. The van der Waals surface area contributed by atoms with Crippen LogP contribution in [0.15, 0.2) is 11.5 Å². The van der Waals surface area contributed by atoms with Gasteiger partial charge in [0.2, 0.25) is 0 Å². The quantitative estimate of drug-likeness (QED) is 0.684. The molecule has 0 amide bonds. The minimum atomic E-state index is -0.275. The van der Waals surface area contributed by atoms with E-state index in [1.54, 1.807) is 0 Å². The number of hydrogen-bond donors (Lipinski definition) is 0. The largest absolute Gasteiger partial charge is 0.490 e. The van der Waals surface area contributed by atoms with Crippen LogP contribution in [0.1, 0.15) is 61.3 Å². The van der Waals surface area contributed by atoms with E-state index in [2.05, 4.69) is 54.5 Å². The van der Waals surface area contributed by atoms with Crippen LogP contribution in [0.3, 0.4) is 0 Å². The van der Waals surface area contributed by atoms with Gasteiger partial charge in [0.05, 0.1) is 23.9 Å². The zero-order chi connectivity index (χ0) is 15.2. The van der Waals surface area contributed by atoms with Gasteiger partial charge in [0.1, 0.15) is 0 Å². The summed E-state index contributed by atoms with van der Waals surface area (Å²) in [5.41, 5.74) is 0.819. The molecule has 2 heterocycles. The molecule has 1 atom stereocenters. The Morgan fingerprint density at radius 2 is 1.65 bits per heavy atom. The van der Waals surface area contributed by atoms with E-state index in [-0.39, 0.29) is 29.8 Å². The fraction of sp³-hybridized carbons (Fsp3) is 0.875. The molecule has 0 bridgehead atoms. The van der Waals surface area contributed by atoms with Crippen LogP contribution < -0.4 is 0 Å². The Labute approximate surface area is 124 Å². The molecular formula is C16H29BO3. The van der Waals surface area contributed by atoms with Crippen molar-refractivity contribution in [1.82, 2.24) is 0 Å². The monoisotopic (exact) mass is 280 g/mol. The zero-order valence-corrected chi connectivity index (χ0v) is 14.1. The summed E-state index contributed by atoms with van der Waals surface area (Å²) in [7, 11) is -0.230. The first-order chi connectivity index (χ1) is 9.03. The Balaban J connectivity index is 2.15. The smallest absolute Gasteiger partial charge is 0.400 e. The number of rotatable bonds is 1. The molecule has 2 rings (SSSR count). The van der Waals surface area contributed by atoms with Crippen LogP contribution >= 0.6 is 0 Å². The van der Waals surface area contributed by atoms with Crippen molar-refractivity contribution in [3.05, 3.63) is 11.5 Å². The lowest BCUT2D eigenvalue weighted by molar-refractivity contribution is -0.0110. The molecule has 3 nitrogen and oxygen atoms in total. The van der Waals surface area contributed by atoms with E-state index in [0.29, 0.717) is 0 Å². The van der Waals surface area contributed by atoms with E-state index < -0.39 is 0 Å². The molecule has 0 aliphatic carbocycles. The first-order valence-electron chi connectivity index (χ1n) is 7.69. The highest BCUT2D eigenvalue weighted by Gasteiger charge is 2.52. The predicted molar refractivity (Wildman–Crippen MR) is 82.6 cm³/mol. The normalized spacial score (nSPS) is 30.1. The molecule has 2 aliphatic rings. The number of hydrogen-bond acceptors (Lipinski definition) is 3. The minimum absolute atomic E-state index is 0.132. The third-order valence-corrected chi connectivity index (χ3v) is 4.79. The highest BCUT2D eigenvalue weighted by Crippen LogP contribution is 2.40. The van der Waals surface area contributed by atoms with Crippen LogP contribution in [0.2, 0.25) is 0 Å². The van der Waals surface area contributed by atoms with Gasteiger partial charge in [0.25, 0.3) is 0 Å². The fourth-order valence-corrected chi connectivity index (χ4v) is 2.55. The summed E-state index contributed by atoms with van der Waals surface area (Å²) in [4.78, 5) is 0. The molecule has 1 fully saturated rings. The van der Waals surface area contributed by atoms with Gasteiger partial charge in [0.15, 0.2) is 0 Å². The summed E-state index contributed by atoms with van der Waals surface area (Å²) >= 11 is 0. The number of ether oxygens (including phenoxy) is 1. The highest BCUT2D eigenvalue weighted by molar-refractivity contribution is 6.54. The Hall–Kier alpha value is -0.315. The average Bonchev–Trinajstić information content (AvgIpc) is 2.47. The van der Waals surface area contributed by atoms with Gasteiger partial charge in [-0.25, -0.2) is 0 Å². The SMILES string of the molecule is CC(C)(C)C1CC(B2OC(C)(C)C(C)(C)O2)=CCCO1. The van der Waals surface area contributed by atoms with E-state index in [1.807, 2.05) is 0 Å². The summed E-state index contributed by atoms with van der Waals surface area (Å²) in [6.07, 6.45) is 4.29. The predicted octanol–water partition coefficient (Wildman–Crippen LogP) is 3.77. The van der Waals surface area contributed by atoms with Gasteiger partial charge in [-0.1, -0.05) is 26.8 Å². The van der Waals surface area contributed by atoms with Crippen molar-refractivity contribution in [3.8, 4) is 0 Å². The standard InChI is InChI=1S/C16H29BO3/c1-14(2,3)13-11-12(9-8-10-18-13)17-19-15(4,5)16(6,7)20-17/h9,13H,8,10-11H2,1-7H3. The lowest BCUT2D eigenvalue weighted by Crippen LogP contribution is -2.41. The summed E-state index contributed by atoms with van der Waals surface area (Å²) in [5.74, 6) is 0. The molecule has 0 aromatic rings. The second kappa shape index (κ2) is 5.15. The van der Waals surface area contributed by atoms with Crippen molar-refractivity contribution in [3.63, 3.8) is 0 Å². The molecule has 0 aromatic heterocycles. The zero-order valence-electron chi connectivity index (χ0n) is 14.1. The van der Waals surface area contributed by atoms with Crippen molar-refractivity contribution in [2.45, 2.75) is 78.6 Å². The Morgan fingerprint density at radius 3 is 2.15 bits per heavy atom. The molecule has 0 spiro atoms. The second-order valence-corrected chi connectivity index (χ2v) is 8.09. The van der Waals surface area contributed by atoms with Crippen LogP contribution in [0.25, 0.3) is 0 Å². The van der Waals surface area contributed by atoms with E-state index in [1.165, 1.54) is 5.47 Å². The molecule has 0 aromatic carbocycles. The molecule has 4 heteroatoms. The lowest BCUT2D eigenvalue weighted by atomic mass is 9.71. The second-order valence-electron chi connectivity index (χ2n) is 8.09. The summed E-state index contributed by atoms with van der Waals surface area (Å²) < 4.78 is 18.3. The molecule has 1 unspecified atom stereocenters. The summed E-state index contributed by atoms with van der Waals surface area (Å²) in [6.45, 7) is 15.9. The Morgan fingerprint density at radius 1 is 1.10 bits per heavy atom. The average molecular weight is 280 g/mol. The van der Waals surface area contributed by atoms with E-state index in [4.69, 9.17) is 14.0 Å². The highest BCUT2D eigenvalue weighted by atomic mass is 16.7. The van der Waals surface area contributed by atoms with Crippen LogP contribution in [0.5, 0.6) is 0 Å². The molecule has 0 radical (unpaired) electrons. The summed E-state index contributed by atoms with van der Waals surface area (Å²) in [6, 6.07) is 0. The molecule has 20 heavy (non-hydrogen) atoms. The van der Waals surface area contributed by atoms with E-state index in [0.717, 1.165) is 19.4 Å². The van der Waals surface area contributed by atoms with Crippen molar-refractivity contribution in [2.24, 2.45) is 5.41 Å². The maximum atomic E-state index is 6.17. The van der Waals surface area contributed by atoms with Crippen molar-refractivity contribution in [2.75, 3.05) is 6.61 Å². The van der Waals surface area contributed by atoms with Gasteiger partial charge < -0.3 is 14.0 Å². The molecule has 1 saturated heterocycles. The van der Waals surface area contributed by atoms with E-state index >= 15 is 0 Å². The van der Waals surface area contributed by atoms with Crippen molar-refractivity contribution >= 4 is 7.12 Å². The van der Waals surface area contributed by atoms with Crippen LogP contribution in [-0.4, -0.2) is 31.0 Å². The van der Waals surface area contributed by atoms with Crippen LogP contribution in [0, 0.1) is 5.41 Å². The van der Waals surface area contributed by atoms with Crippen LogP contribution in [0.4, 0.5) is 0 Å². The minimum Gasteiger partial charge on any atom is -0.400 e. The van der Waals surface area contributed by atoms with Crippen LogP contribution in [-0.2, 0) is 14.0 Å². The first-order valence-corrected chi connectivity index (χ1v) is 7.69. The van der Waals surface area contributed by atoms with Gasteiger partial charge >= 0.3 is 7.12 Å². The van der Waals surface area contributed by atoms with Gasteiger partial charge in [-0.05, 0) is 51.4 Å². The maximum absolute atomic E-state index is 6.17. The third kappa shape index (κ3) is 3.13. The van der Waals surface area contributed by atoms with E-state index in [9.17, 15) is 0 Å².